The lowest BCUT2D eigenvalue weighted by Gasteiger charge is -2.11. The number of nitrogens with zero attached hydrogens (tertiary/aromatic N) is 4. The van der Waals surface area contributed by atoms with Crippen molar-refractivity contribution >= 4 is 34.5 Å². The van der Waals surface area contributed by atoms with Crippen molar-refractivity contribution in [2.45, 2.75) is 37.7 Å². The summed E-state index contributed by atoms with van der Waals surface area (Å²) in [7, 11) is 1.66. The van der Waals surface area contributed by atoms with E-state index in [0.29, 0.717) is 42.4 Å². The molecule has 0 fully saturated rings. The lowest BCUT2D eigenvalue weighted by atomic mass is 10.2. The minimum atomic E-state index is -0.185. The minimum absolute atomic E-state index is 0.0335. The fraction of sp³-hybridized carbons (Fsp3) is 0.455. The molecule has 2 N–H and O–H groups in total. The van der Waals surface area contributed by atoms with E-state index < -0.39 is 0 Å². The van der Waals surface area contributed by atoms with Gasteiger partial charge in [-0.2, -0.15) is 5.10 Å². The molecule has 0 spiro atoms. The number of carbonyl (C=O) groups excluding carboxylic acids is 1. The van der Waals surface area contributed by atoms with E-state index in [1.807, 2.05) is 31.2 Å². The highest BCUT2D eigenvalue weighted by atomic mass is 32.2. The molecule has 10 heteroatoms. The smallest absolute Gasteiger partial charge is 0.258 e. The predicted molar refractivity (Wildman–Crippen MR) is 126 cm³/mol. The van der Waals surface area contributed by atoms with Crippen molar-refractivity contribution < 1.29 is 14.3 Å². The van der Waals surface area contributed by atoms with E-state index >= 15 is 0 Å². The van der Waals surface area contributed by atoms with E-state index in [0.717, 1.165) is 22.4 Å². The van der Waals surface area contributed by atoms with Crippen molar-refractivity contribution in [3.05, 3.63) is 36.0 Å². The average Bonchev–Trinajstić information content (AvgIpc) is 3.15. The highest BCUT2D eigenvalue weighted by Crippen LogP contribution is 2.26. The molecule has 3 aromatic rings. The first-order valence-electron chi connectivity index (χ1n) is 10.6. The van der Waals surface area contributed by atoms with E-state index in [1.165, 1.54) is 0 Å². The molecule has 1 amide bonds. The molecule has 0 saturated carbocycles. The van der Waals surface area contributed by atoms with Gasteiger partial charge in [0.1, 0.15) is 11.6 Å². The number of aromatic nitrogens is 4. The first kappa shape index (κ1) is 23.8. The van der Waals surface area contributed by atoms with Crippen LogP contribution in [-0.2, 0) is 16.1 Å². The number of anilines is 1. The van der Waals surface area contributed by atoms with Gasteiger partial charge < -0.3 is 20.1 Å². The number of rotatable bonds is 12. The summed E-state index contributed by atoms with van der Waals surface area (Å²) in [6.45, 7) is 8.25. The van der Waals surface area contributed by atoms with Crippen molar-refractivity contribution in [1.82, 2.24) is 25.1 Å². The maximum atomic E-state index is 12.2. The van der Waals surface area contributed by atoms with Gasteiger partial charge in [-0.05, 0) is 24.6 Å². The molecule has 0 aliphatic heterocycles. The van der Waals surface area contributed by atoms with Gasteiger partial charge in [-0.25, -0.2) is 14.6 Å². The molecule has 0 radical (unpaired) electrons. The van der Waals surface area contributed by atoms with Crippen LogP contribution in [0.3, 0.4) is 0 Å². The summed E-state index contributed by atoms with van der Waals surface area (Å²) in [6, 6.07) is 7.61. The van der Waals surface area contributed by atoms with Crippen LogP contribution in [0.4, 0.5) is 5.82 Å². The molecular weight excluding hydrogens is 428 g/mol. The maximum absolute atomic E-state index is 12.2. The second-order valence-electron chi connectivity index (χ2n) is 7.50. The number of hydrogen-bond acceptors (Lipinski definition) is 8. The Kier molecular flexibility index (Phi) is 8.69. The summed E-state index contributed by atoms with van der Waals surface area (Å²) in [4.78, 5) is 21.5. The van der Waals surface area contributed by atoms with Crippen LogP contribution in [-0.4, -0.2) is 64.3 Å². The Hall–Kier alpha value is -2.85. The first-order valence-corrected chi connectivity index (χ1v) is 11.4. The molecule has 0 aliphatic carbocycles. The highest BCUT2D eigenvalue weighted by Gasteiger charge is 2.14. The lowest BCUT2D eigenvalue weighted by Crippen LogP contribution is -2.31. The zero-order valence-electron chi connectivity index (χ0n) is 18.9. The number of amides is 1. The molecule has 0 saturated heterocycles. The van der Waals surface area contributed by atoms with Crippen molar-refractivity contribution in [3.8, 4) is 5.75 Å². The molecule has 32 heavy (non-hydrogen) atoms. The van der Waals surface area contributed by atoms with Gasteiger partial charge in [0, 0.05) is 25.4 Å². The van der Waals surface area contributed by atoms with Gasteiger partial charge in [0.25, 0.3) is 5.91 Å². The molecule has 2 heterocycles. The third-order valence-electron chi connectivity index (χ3n) is 4.42. The van der Waals surface area contributed by atoms with E-state index in [-0.39, 0.29) is 12.5 Å². The Morgan fingerprint density at radius 1 is 1.25 bits per heavy atom. The lowest BCUT2D eigenvalue weighted by molar-refractivity contribution is -0.123. The van der Waals surface area contributed by atoms with Crippen LogP contribution in [0.25, 0.3) is 11.0 Å². The molecule has 1 aromatic carbocycles. The summed E-state index contributed by atoms with van der Waals surface area (Å²) >= 11 is 1.59. The van der Waals surface area contributed by atoms with E-state index in [4.69, 9.17) is 9.47 Å². The van der Waals surface area contributed by atoms with Crippen molar-refractivity contribution in [2.75, 3.05) is 38.7 Å². The summed E-state index contributed by atoms with van der Waals surface area (Å²) in [5.74, 6) is 1.23. The highest BCUT2D eigenvalue weighted by molar-refractivity contribution is 7.99. The molecule has 0 aliphatic rings. The van der Waals surface area contributed by atoms with Crippen LogP contribution in [0, 0.1) is 6.92 Å². The number of benzene rings is 1. The van der Waals surface area contributed by atoms with Gasteiger partial charge in [0.05, 0.1) is 24.7 Å². The van der Waals surface area contributed by atoms with Crippen LogP contribution < -0.4 is 15.4 Å². The van der Waals surface area contributed by atoms with Crippen LogP contribution in [0.5, 0.6) is 5.75 Å². The van der Waals surface area contributed by atoms with E-state index in [2.05, 4.69) is 39.5 Å². The number of thioether (sulfide) groups is 1. The standard InChI is InChI=1S/C22H30N6O3S/c1-15(2)32-22-26-20(24-9-11-30-4)18-13-25-28(21(18)27-22)10-8-23-19(29)14-31-17-7-5-6-16(3)12-17/h5-7,12-13,15H,8-11,14H2,1-4H3,(H,23,29)(H,24,26,27). The van der Waals surface area contributed by atoms with E-state index in [9.17, 15) is 4.79 Å². The molecule has 0 atom stereocenters. The molecule has 0 bridgehead atoms. The number of carbonyl (C=O) groups is 1. The number of ether oxygens (including phenoxy) is 2. The molecule has 2 aromatic heterocycles. The maximum Gasteiger partial charge on any atom is 0.258 e. The fourth-order valence-electron chi connectivity index (χ4n) is 2.98. The zero-order valence-corrected chi connectivity index (χ0v) is 19.7. The third kappa shape index (κ3) is 6.83. The Morgan fingerprint density at radius 3 is 2.84 bits per heavy atom. The average molecular weight is 459 g/mol. The van der Waals surface area contributed by atoms with Crippen LogP contribution in [0.2, 0.25) is 0 Å². The quantitative estimate of drug-likeness (QED) is 0.243. The van der Waals surface area contributed by atoms with Crippen molar-refractivity contribution in [3.63, 3.8) is 0 Å². The first-order chi connectivity index (χ1) is 15.5. The SMILES string of the molecule is COCCNc1nc(SC(C)C)nc2c1cnn2CCNC(=O)COc1cccc(C)c1. The van der Waals surface area contributed by atoms with Crippen molar-refractivity contribution in [1.29, 1.82) is 0 Å². The van der Waals surface area contributed by atoms with Gasteiger partial charge in [-0.15, -0.1) is 0 Å². The fourth-order valence-corrected chi connectivity index (χ4v) is 3.68. The van der Waals surface area contributed by atoms with Gasteiger partial charge >= 0.3 is 0 Å². The second-order valence-corrected chi connectivity index (χ2v) is 9.04. The summed E-state index contributed by atoms with van der Waals surface area (Å²) in [5, 5.41) is 12.5. The summed E-state index contributed by atoms with van der Waals surface area (Å²) < 4.78 is 12.5. The number of fused-ring (bicyclic) bond motifs is 1. The van der Waals surface area contributed by atoms with Gasteiger partial charge in [-0.1, -0.05) is 37.7 Å². The number of methoxy groups -OCH3 is 1. The topological polar surface area (TPSA) is 103 Å². The predicted octanol–water partition coefficient (Wildman–Crippen LogP) is 2.89. The Morgan fingerprint density at radius 2 is 2.09 bits per heavy atom. The van der Waals surface area contributed by atoms with Gasteiger partial charge in [0.2, 0.25) is 0 Å². The Balaban J connectivity index is 1.62. The molecule has 9 nitrogen and oxygen atoms in total. The summed E-state index contributed by atoms with van der Waals surface area (Å²) in [5.41, 5.74) is 1.81. The third-order valence-corrected chi connectivity index (χ3v) is 5.29. The number of hydrogen-bond donors (Lipinski definition) is 2. The Bertz CT molecular complexity index is 1040. The normalized spacial score (nSPS) is 11.2. The molecular formula is C22H30N6O3S. The summed E-state index contributed by atoms with van der Waals surface area (Å²) in [6.07, 6.45) is 1.75. The zero-order chi connectivity index (χ0) is 22.9. The monoisotopic (exact) mass is 458 g/mol. The largest absolute Gasteiger partial charge is 0.484 e. The van der Waals surface area contributed by atoms with Crippen LogP contribution >= 0.6 is 11.8 Å². The Labute approximate surface area is 192 Å². The minimum Gasteiger partial charge on any atom is -0.484 e. The molecule has 0 unspecified atom stereocenters. The molecule has 172 valence electrons. The number of aryl methyl sites for hydroxylation is 1. The van der Waals surface area contributed by atoms with Crippen LogP contribution in [0.1, 0.15) is 19.4 Å². The van der Waals surface area contributed by atoms with Crippen LogP contribution in [0.15, 0.2) is 35.6 Å². The van der Waals surface area contributed by atoms with Gasteiger partial charge in [-0.3, -0.25) is 4.79 Å². The van der Waals surface area contributed by atoms with E-state index in [1.54, 1.807) is 29.8 Å². The van der Waals surface area contributed by atoms with Gasteiger partial charge in [0.15, 0.2) is 17.4 Å². The second kappa shape index (κ2) is 11.7. The number of nitrogens with one attached hydrogen (secondary N) is 2. The molecule has 3 rings (SSSR count). The van der Waals surface area contributed by atoms with Crippen molar-refractivity contribution in [2.24, 2.45) is 0 Å².